The maximum atomic E-state index is 11.9. The summed E-state index contributed by atoms with van der Waals surface area (Å²) < 4.78 is 0. The summed E-state index contributed by atoms with van der Waals surface area (Å²) in [7, 11) is 0. The molecule has 100 valence electrons. The minimum Gasteiger partial charge on any atom is -0.308 e. The van der Waals surface area contributed by atoms with Gasteiger partial charge in [0.2, 0.25) is 0 Å². The molecule has 4 nitrogen and oxygen atoms in total. The van der Waals surface area contributed by atoms with Crippen molar-refractivity contribution in [1.82, 2.24) is 0 Å². The molecule has 0 atom stereocenters. The molecule has 2 N–H and O–H groups in total. The average molecular weight is 265 g/mol. The van der Waals surface area contributed by atoms with E-state index in [4.69, 9.17) is 5.26 Å². The lowest BCUT2D eigenvalue weighted by molar-refractivity contribution is 0.262. The molecule has 0 aliphatic rings. The van der Waals surface area contributed by atoms with Crippen LogP contribution in [0, 0.1) is 25.2 Å². The number of urea groups is 1. The Hall–Kier alpha value is -2.80. The van der Waals surface area contributed by atoms with E-state index in [0.29, 0.717) is 16.9 Å². The van der Waals surface area contributed by atoms with E-state index in [2.05, 4.69) is 16.7 Å². The van der Waals surface area contributed by atoms with Gasteiger partial charge in [-0.05, 0) is 43.2 Å². The molecule has 2 aromatic rings. The van der Waals surface area contributed by atoms with Gasteiger partial charge in [0, 0.05) is 5.69 Å². The molecule has 0 fully saturated rings. The van der Waals surface area contributed by atoms with Crippen LogP contribution < -0.4 is 10.6 Å². The zero-order valence-corrected chi connectivity index (χ0v) is 11.4. The van der Waals surface area contributed by atoms with E-state index in [9.17, 15) is 4.79 Å². The van der Waals surface area contributed by atoms with Gasteiger partial charge in [-0.15, -0.1) is 0 Å². The summed E-state index contributed by atoms with van der Waals surface area (Å²) in [5.74, 6) is 0. The van der Waals surface area contributed by atoms with Gasteiger partial charge in [-0.3, -0.25) is 0 Å². The number of nitriles is 1. The van der Waals surface area contributed by atoms with Crippen LogP contribution in [-0.2, 0) is 0 Å². The Labute approximate surface area is 118 Å². The molecular formula is C16H15N3O. The van der Waals surface area contributed by atoms with Gasteiger partial charge < -0.3 is 10.6 Å². The van der Waals surface area contributed by atoms with Crippen molar-refractivity contribution in [1.29, 1.82) is 5.26 Å². The van der Waals surface area contributed by atoms with Gasteiger partial charge in [-0.25, -0.2) is 4.79 Å². The van der Waals surface area contributed by atoms with Crippen LogP contribution in [0.4, 0.5) is 16.2 Å². The Morgan fingerprint density at radius 1 is 1.10 bits per heavy atom. The second kappa shape index (κ2) is 5.89. The van der Waals surface area contributed by atoms with Crippen LogP contribution >= 0.6 is 0 Å². The number of hydrogen-bond donors (Lipinski definition) is 2. The second-order valence-electron chi connectivity index (χ2n) is 4.56. The fourth-order valence-corrected chi connectivity index (χ4v) is 1.93. The maximum Gasteiger partial charge on any atom is 0.323 e. The number of nitrogens with zero attached hydrogens (tertiary/aromatic N) is 1. The number of rotatable bonds is 2. The van der Waals surface area contributed by atoms with Gasteiger partial charge in [-0.2, -0.15) is 5.26 Å². The van der Waals surface area contributed by atoms with Crippen LogP contribution in [0.1, 0.15) is 16.7 Å². The Morgan fingerprint density at radius 2 is 1.85 bits per heavy atom. The Kier molecular flexibility index (Phi) is 4.02. The lowest BCUT2D eigenvalue weighted by Crippen LogP contribution is -2.20. The van der Waals surface area contributed by atoms with Crippen LogP contribution in [0.5, 0.6) is 0 Å². The second-order valence-corrected chi connectivity index (χ2v) is 4.56. The first-order valence-electron chi connectivity index (χ1n) is 6.24. The van der Waals surface area contributed by atoms with Gasteiger partial charge in [0.05, 0.1) is 11.3 Å². The van der Waals surface area contributed by atoms with Crippen LogP contribution in [0.25, 0.3) is 0 Å². The van der Waals surface area contributed by atoms with Crippen molar-refractivity contribution < 1.29 is 4.79 Å². The molecule has 0 bridgehead atoms. The fourth-order valence-electron chi connectivity index (χ4n) is 1.93. The molecule has 0 heterocycles. The summed E-state index contributed by atoms with van der Waals surface area (Å²) in [6.07, 6.45) is 0. The lowest BCUT2D eigenvalue weighted by Gasteiger charge is -2.10. The topological polar surface area (TPSA) is 64.9 Å². The number of benzene rings is 2. The van der Waals surface area contributed by atoms with Gasteiger partial charge in [-0.1, -0.05) is 24.3 Å². The SMILES string of the molecule is Cc1cccc(NC(=O)Nc2cccc(C)c2C#N)c1. The zero-order valence-electron chi connectivity index (χ0n) is 11.4. The molecule has 0 aliphatic carbocycles. The van der Waals surface area contributed by atoms with Crippen molar-refractivity contribution in [2.75, 3.05) is 10.6 Å². The first-order chi connectivity index (χ1) is 9.60. The molecule has 4 heteroatoms. The van der Waals surface area contributed by atoms with Crippen LogP contribution in [0.15, 0.2) is 42.5 Å². The number of amides is 2. The van der Waals surface area contributed by atoms with E-state index >= 15 is 0 Å². The summed E-state index contributed by atoms with van der Waals surface area (Å²) in [4.78, 5) is 11.9. The highest BCUT2D eigenvalue weighted by Crippen LogP contribution is 2.18. The smallest absolute Gasteiger partial charge is 0.308 e. The Morgan fingerprint density at radius 3 is 2.55 bits per heavy atom. The van der Waals surface area contributed by atoms with Gasteiger partial charge in [0.1, 0.15) is 6.07 Å². The molecule has 0 unspecified atom stereocenters. The predicted molar refractivity (Wildman–Crippen MR) is 79.7 cm³/mol. The minimum absolute atomic E-state index is 0.363. The fraction of sp³-hybridized carbons (Fsp3) is 0.125. The molecule has 0 aliphatic heterocycles. The molecule has 2 rings (SSSR count). The largest absolute Gasteiger partial charge is 0.323 e. The summed E-state index contributed by atoms with van der Waals surface area (Å²) >= 11 is 0. The third-order valence-electron chi connectivity index (χ3n) is 2.91. The van der Waals surface area contributed by atoms with E-state index < -0.39 is 0 Å². The molecule has 0 saturated carbocycles. The van der Waals surface area contributed by atoms with E-state index in [1.165, 1.54) is 0 Å². The highest BCUT2D eigenvalue weighted by atomic mass is 16.2. The Bertz CT molecular complexity index is 686. The molecule has 0 radical (unpaired) electrons. The van der Waals surface area contributed by atoms with E-state index in [1.54, 1.807) is 12.1 Å². The summed E-state index contributed by atoms with van der Waals surface area (Å²) in [6.45, 7) is 3.79. The summed E-state index contributed by atoms with van der Waals surface area (Å²) in [5.41, 5.74) is 3.61. The molecule has 0 spiro atoms. The van der Waals surface area contributed by atoms with Crippen molar-refractivity contribution in [2.24, 2.45) is 0 Å². The standard InChI is InChI=1S/C16H15N3O/c1-11-5-3-7-13(9-11)18-16(20)19-15-8-4-6-12(2)14(15)10-17/h3-9H,1-2H3,(H2,18,19,20). The van der Waals surface area contributed by atoms with Crippen molar-refractivity contribution in [3.8, 4) is 6.07 Å². The zero-order chi connectivity index (χ0) is 14.5. The van der Waals surface area contributed by atoms with Crippen molar-refractivity contribution in [3.05, 3.63) is 59.2 Å². The normalized spacial score (nSPS) is 9.65. The molecule has 2 amide bonds. The molecule has 2 aromatic carbocycles. The lowest BCUT2D eigenvalue weighted by atomic mass is 10.1. The quantitative estimate of drug-likeness (QED) is 0.866. The number of carbonyl (C=O) groups is 1. The summed E-state index contributed by atoms with van der Waals surface area (Å²) in [6, 6.07) is 14.6. The highest BCUT2D eigenvalue weighted by Gasteiger charge is 2.08. The molecule has 0 saturated heterocycles. The number of carbonyl (C=O) groups excluding carboxylic acids is 1. The van der Waals surface area contributed by atoms with Crippen molar-refractivity contribution in [3.63, 3.8) is 0 Å². The van der Waals surface area contributed by atoms with E-state index in [0.717, 1.165) is 11.1 Å². The first-order valence-corrected chi connectivity index (χ1v) is 6.24. The third kappa shape index (κ3) is 3.15. The number of anilines is 2. The summed E-state index contributed by atoms with van der Waals surface area (Å²) in [5, 5.41) is 14.6. The highest BCUT2D eigenvalue weighted by molar-refractivity contribution is 6.00. The van der Waals surface area contributed by atoms with Crippen molar-refractivity contribution in [2.45, 2.75) is 13.8 Å². The average Bonchev–Trinajstić information content (AvgIpc) is 2.38. The van der Waals surface area contributed by atoms with E-state index in [1.807, 2.05) is 44.2 Å². The van der Waals surface area contributed by atoms with Gasteiger partial charge in [0.25, 0.3) is 0 Å². The monoisotopic (exact) mass is 265 g/mol. The minimum atomic E-state index is -0.363. The van der Waals surface area contributed by atoms with Crippen LogP contribution in [0.2, 0.25) is 0 Å². The van der Waals surface area contributed by atoms with Gasteiger partial charge >= 0.3 is 6.03 Å². The maximum absolute atomic E-state index is 11.9. The molecular weight excluding hydrogens is 250 g/mol. The number of hydrogen-bond acceptors (Lipinski definition) is 2. The predicted octanol–water partition coefficient (Wildman–Crippen LogP) is 3.82. The molecule has 0 aromatic heterocycles. The van der Waals surface area contributed by atoms with Crippen LogP contribution in [-0.4, -0.2) is 6.03 Å². The number of nitrogens with one attached hydrogen (secondary N) is 2. The van der Waals surface area contributed by atoms with Crippen LogP contribution in [0.3, 0.4) is 0 Å². The first kappa shape index (κ1) is 13.6. The van der Waals surface area contributed by atoms with E-state index in [-0.39, 0.29) is 6.03 Å². The Balaban J connectivity index is 2.13. The van der Waals surface area contributed by atoms with Gasteiger partial charge in [0.15, 0.2) is 0 Å². The molecule has 20 heavy (non-hydrogen) atoms. The third-order valence-corrected chi connectivity index (χ3v) is 2.91. The van der Waals surface area contributed by atoms with Crippen molar-refractivity contribution >= 4 is 17.4 Å². The number of aryl methyl sites for hydroxylation is 2.